The summed E-state index contributed by atoms with van der Waals surface area (Å²) in [6.45, 7) is 0. The highest BCUT2D eigenvalue weighted by molar-refractivity contribution is 9.10. The number of thioether (sulfide) groups is 1. The third kappa shape index (κ3) is 3.10. The van der Waals surface area contributed by atoms with Crippen molar-refractivity contribution in [2.75, 3.05) is 4.90 Å². The zero-order chi connectivity index (χ0) is 14.8. The van der Waals surface area contributed by atoms with Gasteiger partial charge in [0.2, 0.25) is 0 Å². The second-order valence-electron chi connectivity index (χ2n) is 4.40. The summed E-state index contributed by atoms with van der Waals surface area (Å²) >= 11 is 10.1. The van der Waals surface area contributed by atoms with Gasteiger partial charge in [-0.05, 0) is 35.9 Å². The Bertz CT molecular complexity index is 726. The van der Waals surface area contributed by atoms with Crippen molar-refractivity contribution in [3.63, 3.8) is 0 Å². The number of hydrogen-bond acceptors (Lipinski definition) is 3. The van der Waals surface area contributed by atoms with Crippen LogP contribution in [0.2, 0.25) is 0 Å². The largest absolute Gasteiger partial charge is 0.270 e. The van der Waals surface area contributed by atoms with Crippen LogP contribution in [-0.2, 0) is 4.79 Å². The number of hydrogen-bond donors (Lipinski definition) is 0. The van der Waals surface area contributed by atoms with Crippen molar-refractivity contribution in [1.82, 2.24) is 0 Å². The molecule has 2 aromatic carbocycles. The minimum atomic E-state index is -0.0730. The molecule has 0 saturated carbocycles. The molecular formula is C16H10BrNOS2. The number of carbonyl (C=O) groups excluding carboxylic acids is 1. The number of benzene rings is 2. The van der Waals surface area contributed by atoms with Crippen LogP contribution >= 0.6 is 39.9 Å². The van der Waals surface area contributed by atoms with Gasteiger partial charge in [0.05, 0.1) is 10.6 Å². The van der Waals surface area contributed by atoms with Gasteiger partial charge >= 0.3 is 0 Å². The van der Waals surface area contributed by atoms with Crippen LogP contribution in [-0.4, -0.2) is 10.2 Å². The Morgan fingerprint density at radius 3 is 2.38 bits per heavy atom. The number of nitrogens with zero attached hydrogens (tertiary/aromatic N) is 1. The monoisotopic (exact) mass is 375 g/mol. The van der Waals surface area contributed by atoms with E-state index in [-0.39, 0.29) is 5.91 Å². The van der Waals surface area contributed by atoms with Crippen molar-refractivity contribution in [1.29, 1.82) is 0 Å². The van der Waals surface area contributed by atoms with E-state index in [0.717, 1.165) is 15.7 Å². The third-order valence-corrected chi connectivity index (χ3v) is 4.81. The molecule has 0 aliphatic carbocycles. The predicted molar refractivity (Wildman–Crippen MR) is 96.2 cm³/mol. The summed E-state index contributed by atoms with van der Waals surface area (Å²) in [6.07, 6.45) is 1.87. The molecule has 0 atom stereocenters. The highest BCUT2D eigenvalue weighted by Gasteiger charge is 2.33. The normalized spacial score (nSPS) is 16.8. The second kappa shape index (κ2) is 6.13. The highest BCUT2D eigenvalue weighted by Crippen LogP contribution is 2.36. The van der Waals surface area contributed by atoms with Crippen LogP contribution in [0.5, 0.6) is 0 Å². The van der Waals surface area contributed by atoms with Crippen molar-refractivity contribution in [3.05, 3.63) is 69.5 Å². The molecule has 1 aliphatic heterocycles. The van der Waals surface area contributed by atoms with E-state index < -0.39 is 0 Å². The first-order chi connectivity index (χ1) is 10.1. The summed E-state index contributed by atoms with van der Waals surface area (Å²) in [5.41, 5.74) is 1.78. The Morgan fingerprint density at radius 2 is 1.71 bits per heavy atom. The maximum absolute atomic E-state index is 12.5. The molecule has 1 heterocycles. The van der Waals surface area contributed by atoms with Gasteiger partial charge in [-0.25, -0.2) is 0 Å². The minimum Gasteiger partial charge on any atom is -0.268 e. The zero-order valence-electron chi connectivity index (χ0n) is 10.8. The van der Waals surface area contributed by atoms with Gasteiger partial charge in [0, 0.05) is 4.47 Å². The molecule has 1 saturated heterocycles. The molecule has 0 N–H and O–H groups in total. The van der Waals surface area contributed by atoms with E-state index in [2.05, 4.69) is 15.9 Å². The van der Waals surface area contributed by atoms with E-state index in [1.165, 1.54) is 11.8 Å². The first kappa shape index (κ1) is 14.5. The first-order valence-corrected chi connectivity index (χ1v) is 8.25. The highest BCUT2D eigenvalue weighted by atomic mass is 79.9. The van der Waals surface area contributed by atoms with Gasteiger partial charge in [-0.1, -0.05) is 70.2 Å². The van der Waals surface area contributed by atoms with Gasteiger partial charge in [0.15, 0.2) is 4.32 Å². The maximum atomic E-state index is 12.5. The van der Waals surface area contributed by atoms with E-state index >= 15 is 0 Å². The standard InChI is InChI=1S/C16H10BrNOS2/c17-12-6-8-13(9-7-12)18-15(19)14(21-16(18)20)10-11-4-2-1-3-5-11/h1-10H. The third-order valence-electron chi connectivity index (χ3n) is 2.98. The molecule has 21 heavy (non-hydrogen) atoms. The van der Waals surface area contributed by atoms with Gasteiger partial charge in [-0.15, -0.1) is 0 Å². The van der Waals surface area contributed by atoms with Crippen LogP contribution in [0.1, 0.15) is 5.56 Å². The molecule has 1 amide bonds. The molecule has 1 fully saturated rings. The van der Waals surface area contributed by atoms with Crippen LogP contribution in [0, 0.1) is 0 Å². The van der Waals surface area contributed by atoms with Crippen LogP contribution in [0.15, 0.2) is 64.0 Å². The number of thiocarbonyl (C=S) groups is 1. The first-order valence-electron chi connectivity index (χ1n) is 6.24. The molecule has 104 valence electrons. The fraction of sp³-hybridized carbons (Fsp3) is 0. The number of carbonyl (C=O) groups is 1. The molecular weight excluding hydrogens is 366 g/mol. The smallest absolute Gasteiger partial charge is 0.268 e. The number of rotatable bonds is 2. The van der Waals surface area contributed by atoms with Crippen molar-refractivity contribution >= 4 is 61.9 Å². The van der Waals surface area contributed by atoms with Gasteiger partial charge in [-0.2, -0.15) is 0 Å². The summed E-state index contributed by atoms with van der Waals surface area (Å²) < 4.78 is 1.53. The lowest BCUT2D eigenvalue weighted by atomic mass is 10.2. The lowest BCUT2D eigenvalue weighted by Gasteiger charge is -2.14. The van der Waals surface area contributed by atoms with Crippen molar-refractivity contribution < 1.29 is 4.79 Å². The zero-order valence-corrected chi connectivity index (χ0v) is 14.0. The van der Waals surface area contributed by atoms with Crippen molar-refractivity contribution in [2.24, 2.45) is 0 Å². The topological polar surface area (TPSA) is 20.3 Å². The van der Waals surface area contributed by atoms with E-state index in [4.69, 9.17) is 12.2 Å². The fourth-order valence-corrected chi connectivity index (χ4v) is 3.54. The molecule has 2 aromatic rings. The van der Waals surface area contributed by atoms with Crippen molar-refractivity contribution in [2.45, 2.75) is 0 Å². The fourth-order valence-electron chi connectivity index (χ4n) is 1.98. The van der Waals surface area contributed by atoms with Crippen LogP contribution in [0.4, 0.5) is 5.69 Å². The molecule has 0 unspecified atom stereocenters. The lowest BCUT2D eigenvalue weighted by molar-refractivity contribution is -0.113. The molecule has 0 aromatic heterocycles. The van der Waals surface area contributed by atoms with E-state index in [0.29, 0.717) is 9.23 Å². The lowest BCUT2D eigenvalue weighted by Crippen LogP contribution is -2.27. The minimum absolute atomic E-state index is 0.0730. The van der Waals surface area contributed by atoms with Crippen molar-refractivity contribution in [3.8, 4) is 0 Å². The average molecular weight is 376 g/mol. The summed E-state index contributed by atoms with van der Waals surface area (Å²) in [4.78, 5) is 14.8. The Kier molecular flexibility index (Phi) is 4.24. The van der Waals surface area contributed by atoms with E-state index in [1.54, 1.807) is 4.90 Å². The summed E-state index contributed by atoms with van der Waals surface area (Å²) in [5, 5.41) is 0. The van der Waals surface area contributed by atoms with E-state index in [9.17, 15) is 4.79 Å². The average Bonchev–Trinajstić information content (AvgIpc) is 2.76. The molecule has 0 radical (unpaired) electrons. The molecule has 0 spiro atoms. The van der Waals surface area contributed by atoms with Gasteiger partial charge in [-0.3, -0.25) is 9.69 Å². The Morgan fingerprint density at radius 1 is 1.05 bits per heavy atom. The number of amides is 1. The predicted octanol–water partition coefficient (Wildman–Crippen LogP) is 4.85. The molecule has 5 heteroatoms. The number of halogens is 1. The SMILES string of the molecule is O=C1C(=Cc2ccccc2)SC(=S)N1c1ccc(Br)cc1. The van der Waals surface area contributed by atoms with Crippen LogP contribution in [0.3, 0.4) is 0 Å². The molecule has 2 nitrogen and oxygen atoms in total. The molecule has 0 bridgehead atoms. The summed E-state index contributed by atoms with van der Waals surface area (Å²) in [5.74, 6) is -0.0730. The molecule has 1 aliphatic rings. The molecule has 3 rings (SSSR count). The van der Waals surface area contributed by atoms with Gasteiger partial charge < -0.3 is 0 Å². The van der Waals surface area contributed by atoms with Crippen LogP contribution < -0.4 is 4.90 Å². The number of anilines is 1. The van der Waals surface area contributed by atoms with Crippen LogP contribution in [0.25, 0.3) is 6.08 Å². The summed E-state index contributed by atoms with van der Waals surface area (Å²) in [7, 11) is 0. The summed E-state index contributed by atoms with van der Waals surface area (Å²) in [6, 6.07) is 17.3. The Labute approximate surface area is 141 Å². The van der Waals surface area contributed by atoms with Gasteiger partial charge in [0.1, 0.15) is 0 Å². The van der Waals surface area contributed by atoms with E-state index in [1.807, 2.05) is 60.7 Å². The quantitative estimate of drug-likeness (QED) is 0.552. The Hall–Kier alpha value is -1.43. The maximum Gasteiger partial charge on any atom is 0.270 e. The second-order valence-corrected chi connectivity index (χ2v) is 7.00. The Balaban J connectivity index is 1.92. The van der Waals surface area contributed by atoms with Gasteiger partial charge in [0.25, 0.3) is 5.91 Å².